The Labute approximate surface area is 417 Å². The lowest BCUT2D eigenvalue weighted by molar-refractivity contribution is -0.144. The fraction of sp³-hybridized carbons (Fsp3) is 0.742. The molecule has 3 rings (SSSR count). The Bertz CT molecular complexity index is 1680. The first-order chi connectivity index (χ1) is 33.6. The predicted octanol–water partition coefficient (Wildman–Crippen LogP) is 19.3. The lowest BCUT2D eigenvalue weighted by Crippen LogP contribution is -2.03. The van der Waals surface area contributed by atoms with Crippen molar-refractivity contribution in [2.45, 2.75) is 271 Å². The van der Waals surface area contributed by atoms with Crippen LogP contribution in [-0.4, -0.2) is 38.4 Å². The Hall–Kier alpha value is -3.28. The van der Waals surface area contributed by atoms with Gasteiger partial charge < -0.3 is 18.9 Å². The summed E-state index contributed by atoms with van der Waals surface area (Å²) >= 11 is 0. The summed E-state index contributed by atoms with van der Waals surface area (Å²) in [5.41, 5.74) is 1.34. The number of rotatable bonds is 47. The zero-order chi connectivity index (χ0) is 48.4. The van der Waals surface area contributed by atoms with E-state index < -0.39 is 0 Å². The van der Waals surface area contributed by atoms with Crippen molar-refractivity contribution in [3.63, 3.8) is 0 Å². The summed E-state index contributed by atoms with van der Waals surface area (Å²) in [6.07, 6.45) is 49.1. The van der Waals surface area contributed by atoms with E-state index in [2.05, 4.69) is 49.4 Å². The number of unbranched alkanes of at least 4 members (excludes halogenated alkanes) is 34. The van der Waals surface area contributed by atoms with Crippen LogP contribution < -0.4 is 9.47 Å². The second-order valence-corrected chi connectivity index (χ2v) is 20.0. The first-order valence-electron chi connectivity index (χ1n) is 29.1. The first-order valence-corrected chi connectivity index (χ1v) is 29.1. The molecule has 0 fully saturated rings. The van der Waals surface area contributed by atoms with Crippen LogP contribution in [0.15, 0.2) is 42.5 Å². The van der Waals surface area contributed by atoms with Crippen LogP contribution in [0.25, 0.3) is 21.5 Å². The highest BCUT2D eigenvalue weighted by atomic mass is 16.5. The largest absolute Gasteiger partial charge is 0.492 e. The molecular formula is C62H102O6. The number of hydrogen-bond donors (Lipinski definition) is 0. The molecule has 0 atom stereocenters. The van der Waals surface area contributed by atoms with Crippen molar-refractivity contribution in [3.8, 4) is 11.5 Å². The van der Waals surface area contributed by atoms with Crippen LogP contribution >= 0.6 is 0 Å². The first kappa shape index (κ1) is 59.0. The number of esters is 2. The third-order valence-electron chi connectivity index (χ3n) is 14.1. The van der Waals surface area contributed by atoms with Crippen molar-refractivity contribution in [2.75, 3.05) is 26.4 Å². The Morgan fingerprint density at radius 3 is 0.926 bits per heavy atom. The normalized spacial score (nSPS) is 11.5. The molecule has 0 unspecified atom stereocenters. The average Bonchev–Trinajstić information content (AvgIpc) is 3.35. The molecule has 3 aromatic carbocycles. The fourth-order valence-corrected chi connectivity index (χ4v) is 9.89. The average molecular weight is 943 g/mol. The lowest BCUT2D eigenvalue weighted by Gasteiger charge is -2.18. The molecule has 0 aromatic heterocycles. The van der Waals surface area contributed by atoms with Crippen molar-refractivity contribution in [3.05, 3.63) is 48.0 Å². The van der Waals surface area contributed by atoms with Crippen LogP contribution in [0.3, 0.4) is 0 Å². The van der Waals surface area contributed by atoms with Crippen molar-refractivity contribution >= 4 is 33.5 Å². The molecule has 0 radical (unpaired) electrons. The van der Waals surface area contributed by atoms with Gasteiger partial charge in [0, 0.05) is 34.4 Å². The topological polar surface area (TPSA) is 71.1 Å². The van der Waals surface area contributed by atoms with Crippen molar-refractivity contribution in [1.82, 2.24) is 0 Å². The van der Waals surface area contributed by atoms with E-state index >= 15 is 0 Å². The number of hydrogen-bond acceptors (Lipinski definition) is 6. The van der Waals surface area contributed by atoms with E-state index in [0.29, 0.717) is 26.1 Å². The molecule has 0 aliphatic rings. The number of ether oxygens (including phenoxy) is 4. The smallest absolute Gasteiger partial charge is 0.305 e. The molecule has 3 aromatic rings. The number of carbonyl (C=O) groups is 2. The molecular weight excluding hydrogens is 841 g/mol. The van der Waals surface area contributed by atoms with Gasteiger partial charge in [0.2, 0.25) is 0 Å². The Balaban J connectivity index is 1.20. The highest BCUT2D eigenvalue weighted by Crippen LogP contribution is 2.43. The standard InChI is InChI=1S/C62H102O6/c1-4-54-49-50-57-58(53-54)62(68-52-44-38-34-30-26-22-18-14-10-8-12-16-20-24-28-32-36-40-48-60(64)66-6-3)56-46-42-41-45-55(56)61(57)67-51-43-37-33-29-25-21-17-13-9-7-11-15-19-23-27-31-35-39-47-59(63)65-5-2/h41-42,45-46,49-50,53H,4-40,43-44,47-48,51-52H2,1-3H3. The van der Waals surface area contributed by atoms with Crippen LogP contribution in [0.2, 0.25) is 0 Å². The second kappa shape index (κ2) is 41.5. The summed E-state index contributed by atoms with van der Waals surface area (Å²) in [6.45, 7) is 8.50. The van der Waals surface area contributed by atoms with Gasteiger partial charge in [-0.2, -0.15) is 0 Å². The van der Waals surface area contributed by atoms with Crippen molar-refractivity contribution < 1.29 is 28.5 Å². The van der Waals surface area contributed by atoms with Gasteiger partial charge in [-0.3, -0.25) is 9.59 Å². The zero-order valence-electron chi connectivity index (χ0n) is 44.4. The van der Waals surface area contributed by atoms with Crippen LogP contribution in [0.1, 0.15) is 270 Å². The quantitative estimate of drug-likeness (QED) is 0.0319. The molecule has 386 valence electrons. The number of benzene rings is 3. The maximum Gasteiger partial charge on any atom is 0.305 e. The van der Waals surface area contributed by atoms with Gasteiger partial charge in [-0.15, -0.1) is 0 Å². The second-order valence-electron chi connectivity index (χ2n) is 20.0. The molecule has 0 N–H and O–H groups in total. The van der Waals surface area contributed by atoms with E-state index in [1.165, 1.54) is 220 Å². The van der Waals surface area contributed by atoms with Crippen LogP contribution in [-0.2, 0) is 25.5 Å². The van der Waals surface area contributed by atoms with E-state index in [1.54, 1.807) is 0 Å². The van der Waals surface area contributed by atoms with E-state index in [-0.39, 0.29) is 11.9 Å². The Morgan fingerprint density at radius 2 is 0.618 bits per heavy atom. The summed E-state index contributed by atoms with van der Waals surface area (Å²) < 4.78 is 23.4. The minimum Gasteiger partial charge on any atom is -0.492 e. The highest BCUT2D eigenvalue weighted by molar-refractivity contribution is 6.11. The molecule has 68 heavy (non-hydrogen) atoms. The Kier molecular flexibility index (Phi) is 36.0. The SMILES string of the molecule is CCOC(=O)CCCCCCCCCCCCCCCCCCCCOc1c2ccccc2c(OCCCCCCCCCCCCCCCCCCCCC(=O)OCC)c2cc(CC)ccc12. The van der Waals surface area contributed by atoms with Gasteiger partial charge >= 0.3 is 11.9 Å². The number of fused-ring (bicyclic) bond motifs is 2. The molecule has 0 aliphatic heterocycles. The molecule has 0 bridgehead atoms. The van der Waals surface area contributed by atoms with Crippen LogP contribution in [0.4, 0.5) is 0 Å². The van der Waals surface area contributed by atoms with Gasteiger partial charge in [-0.05, 0) is 57.6 Å². The van der Waals surface area contributed by atoms with Gasteiger partial charge in [0.25, 0.3) is 0 Å². The third-order valence-corrected chi connectivity index (χ3v) is 14.1. The van der Waals surface area contributed by atoms with E-state index in [0.717, 1.165) is 69.7 Å². The minimum absolute atomic E-state index is 0.0380. The molecule has 0 heterocycles. The molecule has 0 saturated carbocycles. The molecule has 0 saturated heterocycles. The van der Waals surface area contributed by atoms with E-state index in [4.69, 9.17) is 18.9 Å². The van der Waals surface area contributed by atoms with E-state index in [1.807, 2.05) is 13.8 Å². The van der Waals surface area contributed by atoms with Gasteiger partial charge in [0.1, 0.15) is 11.5 Å². The summed E-state index contributed by atoms with van der Waals surface area (Å²) in [5.74, 6) is 1.97. The van der Waals surface area contributed by atoms with Gasteiger partial charge in [0.05, 0.1) is 26.4 Å². The fourth-order valence-electron chi connectivity index (χ4n) is 9.89. The number of carbonyl (C=O) groups excluding carboxylic acids is 2. The number of aryl methyl sites for hydroxylation is 1. The molecule has 6 heteroatoms. The van der Waals surface area contributed by atoms with Gasteiger partial charge in [0.15, 0.2) is 0 Å². The van der Waals surface area contributed by atoms with Crippen molar-refractivity contribution in [1.29, 1.82) is 0 Å². The molecule has 0 spiro atoms. The summed E-state index contributed by atoms with van der Waals surface area (Å²) in [6, 6.07) is 15.6. The molecule has 0 amide bonds. The van der Waals surface area contributed by atoms with E-state index in [9.17, 15) is 9.59 Å². The van der Waals surface area contributed by atoms with Crippen LogP contribution in [0.5, 0.6) is 11.5 Å². The summed E-state index contributed by atoms with van der Waals surface area (Å²) in [5, 5.41) is 4.72. The predicted molar refractivity (Wildman–Crippen MR) is 291 cm³/mol. The maximum absolute atomic E-state index is 11.4. The Morgan fingerprint density at radius 1 is 0.338 bits per heavy atom. The molecule has 6 nitrogen and oxygen atoms in total. The highest BCUT2D eigenvalue weighted by Gasteiger charge is 2.17. The zero-order valence-corrected chi connectivity index (χ0v) is 44.4. The van der Waals surface area contributed by atoms with Crippen LogP contribution in [0, 0.1) is 0 Å². The van der Waals surface area contributed by atoms with Gasteiger partial charge in [-0.25, -0.2) is 0 Å². The van der Waals surface area contributed by atoms with Gasteiger partial charge in [-0.1, -0.05) is 249 Å². The third kappa shape index (κ3) is 27.8. The van der Waals surface area contributed by atoms with Crippen molar-refractivity contribution in [2.24, 2.45) is 0 Å². The minimum atomic E-state index is -0.0381. The monoisotopic (exact) mass is 943 g/mol. The maximum atomic E-state index is 11.4. The lowest BCUT2D eigenvalue weighted by atomic mass is 9.98. The summed E-state index contributed by atoms with van der Waals surface area (Å²) in [7, 11) is 0. The molecule has 0 aliphatic carbocycles. The summed E-state index contributed by atoms with van der Waals surface area (Å²) in [4.78, 5) is 22.8.